The molecule has 0 aromatic heterocycles. The van der Waals surface area contributed by atoms with Gasteiger partial charge in [-0.2, -0.15) is 0 Å². The van der Waals surface area contributed by atoms with E-state index in [9.17, 15) is 35.1 Å². The molecule has 0 aliphatic carbocycles. The first-order valence-electron chi connectivity index (χ1n) is 5.67. The summed E-state index contributed by atoms with van der Waals surface area (Å²) in [5, 5.41) is 0. The van der Waals surface area contributed by atoms with Gasteiger partial charge in [0.25, 0.3) is 0 Å². The minimum absolute atomic E-state index is 0.925. The van der Waals surface area contributed by atoms with Gasteiger partial charge in [0.2, 0.25) is 0 Å². The molecule has 12 heteroatoms. The van der Waals surface area contributed by atoms with E-state index in [4.69, 9.17) is 22.9 Å². The summed E-state index contributed by atoms with van der Waals surface area (Å²) in [5.74, 6) is -14.5. The average Bonchev–Trinajstić information content (AvgIpc) is 2.58. The lowest BCUT2D eigenvalue weighted by atomic mass is 10.2. The molecule has 0 bridgehead atoms. The zero-order valence-electron chi connectivity index (χ0n) is 11.3. The molecule has 0 amide bonds. The molecule has 0 saturated carbocycles. The van der Waals surface area contributed by atoms with Crippen LogP contribution in [-0.2, 0) is 0 Å². The average molecular weight is 360 g/mol. The van der Waals surface area contributed by atoms with Crippen LogP contribution in [0.4, 0.5) is 57.9 Å². The lowest BCUT2D eigenvalue weighted by Crippen LogP contribution is -2.07. The molecule has 24 heavy (non-hydrogen) atoms. The van der Waals surface area contributed by atoms with E-state index in [0.717, 1.165) is 0 Å². The summed E-state index contributed by atoms with van der Waals surface area (Å²) in [6.45, 7) is 0. The van der Waals surface area contributed by atoms with Gasteiger partial charge in [-0.25, -0.2) is 35.1 Å². The van der Waals surface area contributed by atoms with Gasteiger partial charge >= 0.3 is 0 Å². The van der Waals surface area contributed by atoms with E-state index in [1.165, 1.54) is 0 Å². The Morgan fingerprint density at radius 2 is 0.417 bits per heavy atom. The van der Waals surface area contributed by atoms with Crippen molar-refractivity contribution in [3.05, 3.63) is 46.5 Å². The van der Waals surface area contributed by atoms with Crippen molar-refractivity contribution in [3.63, 3.8) is 0 Å². The molecule has 0 heterocycles. The Kier molecular flexibility index (Phi) is 5.32. The smallest absolute Gasteiger partial charge is 0.199 e. The van der Waals surface area contributed by atoms with Crippen molar-refractivity contribution in [1.82, 2.24) is 0 Å². The molecule has 0 spiro atoms. The van der Waals surface area contributed by atoms with Crippen molar-refractivity contribution >= 4 is 22.7 Å². The van der Waals surface area contributed by atoms with Crippen LogP contribution in [0.5, 0.6) is 0 Å². The van der Waals surface area contributed by atoms with Crippen LogP contribution in [0, 0.1) is 46.5 Å². The number of halogens is 8. The van der Waals surface area contributed by atoms with Crippen LogP contribution in [0.15, 0.2) is 0 Å². The van der Waals surface area contributed by atoms with Crippen molar-refractivity contribution in [2.45, 2.75) is 0 Å². The first-order chi connectivity index (χ1) is 10.9. The zero-order chi connectivity index (χ0) is 18.9. The maximum Gasteiger partial charge on any atom is 0.199 e. The Morgan fingerprint density at radius 3 is 0.542 bits per heavy atom. The summed E-state index contributed by atoms with van der Waals surface area (Å²) in [6, 6.07) is 0. The number of anilines is 4. The predicted octanol–water partition coefficient (Wildman–Crippen LogP) is 2.81. The minimum Gasteiger partial charge on any atom is -0.394 e. The van der Waals surface area contributed by atoms with Gasteiger partial charge in [0.05, 0.1) is 22.7 Å². The third-order valence-corrected chi connectivity index (χ3v) is 2.68. The third-order valence-electron chi connectivity index (χ3n) is 2.68. The Bertz CT molecular complexity index is 531. The van der Waals surface area contributed by atoms with E-state index in [1.54, 1.807) is 0 Å². The number of hydrogen-bond acceptors (Lipinski definition) is 4. The standard InChI is InChI=1S/2C6H4F4N2/c2*7-1-2(8)4(10)6(12)5(11)3(1)9/h2*11-12H2. The van der Waals surface area contributed by atoms with E-state index in [1.807, 2.05) is 0 Å². The maximum atomic E-state index is 12.4. The Balaban J connectivity index is 0.000000240. The zero-order valence-corrected chi connectivity index (χ0v) is 11.3. The SMILES string of the molecule is Nc1c(N)c(F)c(F)c(F)c1F.Nc1c(N)c(F)c(F)c(F)c1F. The second-order valence-electron chi connectivity index (χ2n) is 4.17. The molecule has 0 saturated heterocycles. The molecule has 0 aliphatic heterocycles. The van der Waals surface area contributed by atoms with E-state index < -0.39 is 69.3 Å². The number of nitrogens with two attached hydrogens (primary N) is 4. The van der Waals surface area contributed by atoms with Crippen molar-refractivity contribution in [2.24, 2.45) is 0 Å². The maximum absolute atomic E-state index is 12.4. The molecule has 132 valence electrons. The number of benzene rings is 2. The van der Waals surface area contributed by atoms with Gasteiger partial charge in [0, 0.05) is 0 Å². The molecular weight excluding hydrogens is 352 g/mol. The fourth-order valence-corrected chi connectivity index (χ4v) is 1.33. The largest absolute Gasteiger partial charge is 0.394 e. The summed E-state index contributed by atoms with van der Waals surface area (Å²) < 4.78 is 99.0. The first-order valence-corrected chi connectivity index (χ1v) is 5.67. The second kappa shape index (κ2) is 6.68. The lowest BCUT2D eigenvalue weighted by Gasteiger charge is -2.04. The number of nitrogen functional groups attached to an aromatic ring is 4. The van der Waals surface area contributed by atoms with Crippen molar-refractivity contribution in [3.8, 4) is 0 Å². The van der Waals surface area contributed by atoms with Crippen LogP contribution in [0.2, 0.25) is 0 Å². The molecule has 0 aliphatic rings. The van der Waals surface area contributed by atoms with Crippen LogP contribution in [0.25, 0.3) is 0 Å². The highest BCUT2D eigenvalue weighted by atomic mass is 19.2. The van der Waals surface area contributed by atoms with Gasteiger partial charge in [-0.3, -0.25) is 0 Å². The summed E-state index contributed by atoms with van der Waals surface area (Å²) in [5.41, 5.74) is 15.5. The quantitative estimate of drug-likeness (QED) is 0.251. The fourth-order valence-electron chi connectivity index (χ4n) is 1.33. The van der Waals surface area contributed by atoms with Crippen molar-refractivity contribution in [1.29, 1.82) is 0 Å². The molecule has 2 rings (SSSR count). The van der Waals surface area contributed by atoms with Gasteiger partial charge in [0.1, 0.15) is 0 Å². The van der Waals surface area contributed by atoms with E-state index in [0.29, 0.717) is 0 Å². The molecule has 4 nitrogen and oxygen atoms in total. The van der Waals surface area contributed by atoms with Gasteiger partial charge < -0.3 is 22.9 Å². The normalized spacial score (nSPS) is 10.3. The highest BCUT2D eigenvalue weighted by Gasteiger charge is 2.22. The van der Waals surface area contributed by atoms with Crippen LogP contribution < -0.4 is 22.9 Å². The molecular formula is C12H8F8N4. The highest BCUT2D eigenvalue weighted by molar-refractivity contribution is 5.65. The number of hydrogen-bond donors (Lipinski definition) is 4. The summed E-state index contributed by atoms with van der Waals surface area (Å²) >= 11 is 0. The molecule has 0 radical (unpaired) electrons. The van der Waals surface area contributed by atoms with Gasteiger partial charge in [-0.15, -0.1) is 0 Å². The topological polar surface area (TPSA) is 104 Å². The van der Waals surface area contributed by atoms with Crippen LogP contribution in [0.3, 0.4) is 0 Å². The molecule has 0 unspecified atom stereocenters. The van der Waals surface area contributed by atoms with E-state index >= 15 is 0 Å². The van der Waals surface area contributed by atoms with Gasteiger partial charge in [-0.05, 0) is 0 Å². The Morgan fingerprint density at radius 1 is 0.292 bits per heavy atom. The summed E-state index contributed by atoms with van der Waals surface area (Å²) in [6.07, 6.45) is 0. The molecule has 0 fully saturated rings. The van der Waals surface area contributed by atoms with Crippen LogP contribution in [-0.4, -0.2) is 0 Å². The summed E-state index contributed by atoms with van der Waals surface area (Å²) in [7, 11) is 0. The van der Waals surface area contributed by atoms with Gasteiger partial charge in [0.15, 0.2) is 46.5 Å². The van der Waals surface area contributed by atoms with Gasteiger partial charge in [-0.1, -0.05) is 0 Å². The molecule has 2 aromatic rings. The van der Waals surface area contributed by atoms with Crippen molar-refractivity contribution < 1.29 is 35.1 Å². The van der Waals surface area contributed by atoms with Crippen molar-refractivity contribution in [2.75, 3.05) is 22.9 Å². The first kappa shape index (κ1) is 19.1. The molecule has 8 N–H and O–H groups in total. The lowest BCUT2D eigenvalue weighted by molar-refractivity contribution is 0.413. The Hall–Kier alpha value is -2.92. The fraction of sp³-hybridized carbons (Fsp3) is 0. The second-order valence-corrected chi connectivity index (χ2v) is 4.17. The minimum atomic E-state index is -1.96. The van der Waals surface area contributed by atoms with E-state index in [2.05, 4.69) is 0 Å². The molecule has 2 aromatic carbocycles. The van der Waals surface area contributed by atoms with Crippen LogP contribution in [0.1, 0.15) is 0 Å². The Labute approximate surface area is 128 Å². The predicted molar refractivity (Wildman–Crippen MR) is 70.2 cm³/mol. The highest BCUT2D eigenvalue weighted by Crippen LogP contribution is 2.28. The van der Waals surface area contributed by atoms with E-state index in [-0.39, 0.29) is 0 Å². The number of rotatable bonds is 0. The monoisotopic (exact) mass is 360 g/mol. The third kappa shape index (κ3) is 3.07. The van der Waals surface area contributed by atoms with Crippen LogP contribution >= 0.6 is 0 Å². The molecule has 0 atom stereocenters. The summed E-state index contributed by atoms with van der Waals surface area (Å²) in [4.78, 5) is 0.